The van der Waals surface area contributed by atoms with Gasteiger partial charge in [0.15, 0.2) is 11.0 Å². The van der Waals surface area contributed by atoms with Crippen molar-refractivity contribution in [2.75, 3.05) is 21.2 Å². The second-order valence-corrected chi connectivity index (χ2v) is 8.75. The van der Waals surface area contributed by atoms with E-state index >= 15 is 0 Å². The first-order valence-corrected chi connectivity index (χ1v) is 10.8. The summed E-state index contributed by atoms with van der Waals surface area (Å²) >= 11 is 1.44. The van der Waals surface area contributed by atoms with Gasteiger partial charge in [0.2, 0.25) is 5.91 Å². The van der Waals surface area contributed by atoms with Crippen LogP contribution in [0.2, 0.25) is 0 Å². The summed E-state index contributed by atoms with van der Waals surface area (Å²) < 4.78 is 7.37. The molecule has 3 rings (SSSR count). The molecule has 0 unspecified atom stereocenters. The van der Waals surface area contributed by atoms with E-state index in [0.29, 0.717) is 5.92 Å². The van der Waals surface area contributed by atoms with Gasteiger partial charge in [0.25, 0.3) is 0 Å². The van der Waals surface area contributed by atoms with Gasteiger partial charge >= 0.3 is 0 Å². The van der Waals surface area contributed by atoms with Gasteiger partial charge in [-0.1, -0.05) is 55.9 Å². The number of aromatic nitrogens is 3. The highest BCUT2D eigenvalue weighted by Gasteiger charge is 2.27. The van der Waals surface area contributed by atoms with Gasteiger partial charge in [-0.05, 0) is 35.7 Å². The Morgan fingerprint density at radius 3 is 2.30 bits per heavy atom. The second-order valence-electron chi connectivity index (χ2n) is 7.68. The van der Waals surface area contributed by atoms with Gasteiger partial charge < -0.3 is 14.2 Å². The molecular weight excluding hydrogens is 396 g/mol. The van der Waals surface area contributed by atoms with E-state index in [4.69, 9.17) is 4.74 Å². The minimum atomic E-state index is -0.389. The fraction of sp³-hybridized carbons (Fsp3) is 0.348. The Hall–Kier alpha value is -2.80. The monoisotopic (exact) mass is 424 g/mol. The van der Waals surface area contributed by atoms with Gasteiger partial charge in [-0.15, -0.1) is 10.2 Å². The Morgan fingerprint density at radius 2 is 1.73 bits per heavy atom. The van der Waals surface area contributed by atoms with E-state index < -0.39 is 0 Å². The van der Waals surface area contributed by atoms with Crippen molar-refractivity contribution in [2.24, 2.45) is 5.92 Å². The molecule has 1 heterocycles. The zero-order valence-electron chi connectivity index (χ0n) is 18.1. The summed E-state index contributed by atoms with van der Waals surface area (Å²) in [5.74, 6) is 2.01. The third-order valence-electron chi connectivity index (χ3n) is 4.60. The molecule has 30 heavy (non-hydrogen) atoms. The number of carbonyl (C=O) groups is 1. The highest BCUT2D eigenvalue weighted by atomic mass is 32.2. The van der Waals surface area contributed by atoms with E-state index in [0.717, 1.165) is 34.4 Å². The average Bonchev–Trinajstić information content (AvgIpc) is 3.13. The summed E-state index contributed by atoms with van der Waals surface area (Å²) in [7, 11) is 5.21. The number of hydrogen-bond acceptors (Lipinski definition) is 5. The Kier molecular flexibility index (Phi) is 7.15. The standard InChI is InChI=1S/C23H28N4O2S/c1-16(2)15-27-21(18-11-13-19(29-5)14-12-18)24-25-23(27)30-20(22(28)26(3)4)17-9-7-6-8-10-17/h6-14,16,20H,15H2,1-5H3/t20-/m0/s1. The third kappa shape index (κ3) is 5.02. The molecule has 0 spiro atoms. The second kappa shape index (κ2) is 9.80. The Morgan fingerprint density at radius 1 is 1.07 bits per heavy atom. The van der Waals surface area contributed by atoms with Gasteiger partial charge in [-0.25, -0.2) is 0 Å². The molecule has 0 N–H and O–H groups in total. The molecular formula is C23H28N4O2S. The molecule has 0 radical (unpaired) electrons. The van der Waals surface area contributed by atoms with Crippen molar-refractivity contribution < 1.29 is 9.53 Å². The largest absolute Gasteiger partial charge is 0.497 e. The van der Waals surface area contributed by atoms with E-state index in [1.807, 2.05) is 54.6 Å². The van der Waals surface area contributed by atoms with Gasteiger partial charge in [0.1, 0.15) is 11.0 Å². The van der Waals surface area contributed by atoms with Crippen LogP contribution >= 0.6 is 11.8 Å². The Bertz CT molecular complexity index is 969. The van der Waals surface area contributed by atoms with Crippen LogP contribution in [0.5, 0.6) is 5.75 Å². The fourth-order valence-corrected chi connectivity index (χ4v) is 4.28. The maximum Gasteiger partial charge on any atom is 0.240 e. The van der Waals surface area contributed by atoms with Crippen LogP contribution in [0, 0.1) is 5.92 Å². The predicted octanol–water partition coefficient (Wildman–Crippen LogP) is 4.53. The van der Waals surface area contributed by atoms with Gasteiger partial charge in [-0.2, -0.15) is 0 Å². The van der Waals surface area contributed by atoms with Crippen molar-refractivity contribution in [3.8, 4) is 17.1 Å². The first kappa shape index (κ1) is 21.9. The summed E-state index contributed by atoms with van der Waals surface area (Å²) in [6, 6.07) is 17.6. The molecule has 0 aliphatic heterocycles. The lowest BCUT2D eigenvalue weighted by Gasteiger charge is -2.21. The van der Waals surface area contributed by atoms with Gasteiger partial charge in [0, 0.05) is 26.2 Å². The molecule has 0 saturated carbocycles. The molecule has 0 fully saturated rings. The summed E-state index contributed by atoms with van der Waals surface area (Å²) in [6.45, 7) is 5.08. The number of nitrogens with zero attached hydrogens (tertiary/aromatic N) is 4. The van der Waals surface area contributed by atoms with Crippen LogP contribution in [0.1, 0.15) is 24.7 Å². The first-order valence-electron chi connectivity index (χ1n) is 9.91. The molecule has 0 aliphatic rings. The molecule has 0 saturated heterocycles. The van der Waals surface area contributed by atoms with Crippen molar-refractivity contribution in [3.05, 3.63) is 60.2 Å². The van der Waals surface area contributed by atoms with E-state index in [1.54, 1.807) is 26.1 Å². The number of methoxy groups -OCH3 is 1. The zero-order valence-corrected chi connectivity index (χ0v) is 18.9. The zero-order chi connectivity index (χ0) is 21.7. The molecule has 158 valence electrons. The maximum atomic E-state index is 13.0. The Labute approximate surface area is 182 Å². The van der Waals surface area contributed by atoms with Crippen LogP contribution in [0.25, 0.3) is 11.4 Å². The van der Waals surface area contributed by atoms with Crippen LogP contribution in [0.15, 0.2) is 59.8 Å². The summed E-state index contributed by atoms with van der Waals surface area (Å²) in [4.78, 5) is 14.6. The van der Waals surface area contributed by atoms with E-state index in [-0.39, 0.29) is 11.2 Å². The number of amides is 1. The number of thioether (sulfide) groups is 1. The molecule has 7 heteroatoms. The van der Waals surface area contributed by atoms with Crippen LogP contribution in [0.4, 0.5) is 0 Å². The number of hydrogen-bond donors (Lipinski definition) is 0. The number of carbonyl (C=O) groups excluding carboxylic acids is 1. The van der Waals surface area contributed by atoms with E-state index in [2.05, 4.69) is 28.6 Å². The summed E-state index contributed by atoms with van der Waals surface area (Å²) in [5, 5.41) is 9.29. The van der Waals surface area contributed by atoms with Gasteiger partial charge in [0.05, 0.1) is 7.11 Å². The molecule has 0 aliphatic carbocycles. The molecule has 3 aromatic rings. The molecule has 1 atom stereocenters. The van der Waals surface area contributed by atoms with Crippen LogP contribution in [-0.2, 0) is 11.3 Å². The van der Waals surface area contributed by atoms with Crippen LogP contribution < -0.4 is 4.74 Å². The fourth-order valence-electron chi connectivity index (χ4n) is 3.09. The summed E-state index contributed by atoms with van der Waals surface area (Å²) in [5.41, 5.74) is 1.91. The lowest BCUT2D eigenvalue weighted by atomic mass is 10.1. The van der Waals surface area contributed by atoms with Crippen LogP contribution in [0.3, 0.4) is 0 Å². The topological polar surface area (TPSA) is 60.3 Å². The maximum absolute atomic E-state index is 13.0. The number of ether oxygens (including phenoxy) is 1. The lowest BCUT2D eigenvalue weighted by molar-refractivity contribution is -0.128. The third-order valence-corrected chi connectivity index (χ3v) is 5.83. The van der Waals surface area contributed by atoms with E-state index in [9.17, 15) is 4.79 Å². The van der Waals surface area contributed by atoms with Crippen molar-refractivity contribution in [3.63, 3.8) is 0 Å². The summed E-state index contributed by atoms with van der Waals surface area (Å²) in [6.07, 6.45) is 0. The van der Waals surface area contributed by atoms with Crippen molar-refractivity contribution >= 4 is 17.7 Å². The minimum Gasteiger partial charge on any atom is -0.497 e. The highest BCUT2D eigenvalue weighted by molar-refractivity contribution is 8.00. The van der Waals surface area contributed by atoms with Crippen molar-refractivity contribution in [1.29, 1.82) is 0 Å². The van der Waals surface area contributed by atoms with Gasteiger partial charge in [-0.3, -0.25) is 4.79 Å². The van der Waals surface area contributed by atoms with E-state index in [1.165, 1.54) is 11.8 Å². The number of benzene rings is 2. The molecule has 1 aromatic heterocycles. The molecule has 2 aromatic carbocycles. The van der Waals surface area contributed by atoms with Crippen molar-refractivity contribution in [1.82, 2.24) is 19.7 Å². The first-order chi connectivity index (χ1) is 14.4. The predicted molar refractivity (Wildman–Crippen MR) is 121 cm³/mol. The number of likely N-dealkylation sites (N-methyl/N-ethyl adjacent to an activating group) is 1. The highest BCUT2D eigenvalue weighted by Crippen LogP contribution is 2.37. The van der Waals surface area contributed by atoms with Crippen molar-refractivity contribution in [2.45, 2.75) is 30.8 Å². The normalized spacial score (nSPS) is 12.1. The minimum absolute atomic E-state index is 0.0243. The number of rotatable bonds is 8. The quantitative estimate of drug-likeness (QED) is 0.497. The smallest absolute Gasteiger partial charge is 0.240 e. The SMILES string of the molecule is COc1ccc(-c2nnc(S[C@H](C(=O)N(C)C)c3ccccc3)n2CC(C)C)cc1. The Balaban J connectivity index is 2.01. The molecule has 6 nitrogen and oxygen atoms in total. The average molecular weight is 425 g/mol. The van der Waals surface area contributed by atoms with Crippen LogP contribution in [-0.4, -0.2) is 46.8 Å². The molecule has 0 bridgehead atoms. The molecule has 1 amide bonds. The lowest BCUT2D eigenvalue weighted by Crippen LogP contribution is -2.27.